The highest BCUT2D eigenvalue weighted by Crippen LogP contribution is 2.30. The second-order valence-corrected chi connectivity index (χ2v) is 5.69. The quantitative estimate of drug-likeness (QED) is 0.794. The molecule has 1 aromatic carbocycles. The van der Waals surface area contributed by atoms with Crippen molar-refractivity contribution in [3.05, 3.63) is 53.9 Å². The third-order valence-electron chi connectivity index (χ3n) is 3.89. The highest BCUT2D eigenvalue weighted by Gasteiger charge is 2.31. The molecule has 1 aliphatic carbocycles. The van der Waals surface area contributed by atoms with E-state index in [1.165, 1.54) is 0 Å². The summed E-state index contributed by atoms with van der Waals surface area (Å²) in [5.74, 6) is 0. The number of aromatic nitrogens is 2. The van der Waals surface area contributed by atoms with E-state index in [1.807, 2.05) is 43.5 Å². The summed E-state index contributed by atoms with van der Waals surface area (Å²) in [5, 5.41) is 20.0. The molecule has 116 valence electrons. The summed E-state index contributed by atoms with van der Waals surface area (Å²) in [4.78, 5) is 12.1. The molecule has 0 aliphatic heterocycles. The zero-order valence-corrected chi connectivity index (χ0v) is 12.4. The Morgan fingerprint density at radius 3 is 3.05 bits per heavy atom. The summed E-state index contributed by atoms with van der Waals surface area (Å²) < 4.78 is 1.77. The van der Waals surface area contributed by atoms with Crippen LogP contribution >= 0.6 is 0 Å². The molecule has 22 heavy (non-hydrogen) atoms. The molecule has 0 saturated carbocycles. The molecule has 1 heterocycles. The van der Waals surface area contributed by atoms with Crippen molar-refractivity contribution in [3.63, 3.8) is 0 Å². The Labute approximate surface area is 129 Å². The third kappa shape index (κ3) is 3.12. The van der Waals surface area contributed by atoms with Crippen molar-refractivity contribution in [2.75, 3.05) is 0 Å². The predicted molar refractivity (Wildman–Crippen MR) is 82.3 cm³/mol. The maximum absolute atomic E-state index is 12.1. The van der Waals surface area contributed by atoms with E-state index in [0.29, 0.717) is 13.0 Å². The topological polar surface area (TPSA) is 79.2 Å². The van der Waals surface area contributed by atoms with Crippen LogP contribution in [0.15, 0.2) is 42.7 Å². The number of hydrogen-bond acceptors (Lipinski definition) is 3. The van der Waals surface area contributed by atoms with Crippen molar-refractivity contribution < 1.29 is 9.90 Å². The van der Waals surface area contributed by atoms with E-state index in [-0.39, 0.29) is 18.1 Å². The van der Waals surface area contributed by atoms with Crippen LogP contribution in [-0.2, 0) is 13.0 Å². The number of carbonyl (C=O) groups is 1. The van der Waals surface area contributed by atoms with Gasteiger partial charge in [0.05, 0.1) is 18.7 Å². The van der Waals surface area contributed by atoms with Gasteiger partial charge < -0.3 is 15.7 Å². The first kappa shape index (κ1) is 14.6. The number of benzene rings is 1. The number of rotatable bonds is 4. The van der Waals surface area contributed by atoms with Gasteiger partial charge in [-0.3, -0.25) is 4.68 Å². The number of amides is 2. The molecule has 0 radical (unpaired) electrons. The van der Waals surface area contributed by atoms with Crippen LogP contribution in [0, 0.1) is 0 Å². The third-order valence-corrected chi connectivity index (χ3v) is 3.89. The highest BCUT2D eigenvalue weighted by molar-refractivity contribution is 5.75. The Kier molecular flexibility index (Phi) is 4.11. The zero-order chi connectivity index (χ0) is 15.5. The highest BCUT2D eigenvalue weighted by atomic mass is 16.3. The predicted octanol–water partition coefficient (Wildman–Crippen LogP) is 1.23. The number of aliphatic hydroxyl groups is 1. The van der Waals surface area contributed by atoms with Crippen molar-refractivity contribution >= 4 is 6.03 Å². The van der Waals surface area contributed by atoms with Gasteiger partial charge >= 0.3 is 6.03 Å². The van der Waals surface area contributed by atoms with Gasteiger partial charge in [-0.2, -0.15) is 5.10 Å². The SMILES string of the molecule is C[C@H](Cn1cccn1)NC(=O)N[C@@H]1c2ccccc2C[C@@H]1O. The van der Waals surface area contributed by atoms with E-state index in [1.54, 1.807) is 10.9 Å². The van der Waals surface area contributed by atoms with Gasteiger partial charge in [0.25, 0.3) is 0 Å². The number of hydrogen-bond donors (Lipinski definition) is 3. The second-order valence-electron chi connectivity index (χ2n) is 5.69. The van der Waals surface area contributed by atoms with Crippen LogP contribution in [0.1, 0.15) is 24.1 Å². The molecule has 1 aliphatic rings. The van der Waals surface area contributed by atoms with Gasteiger partial charge in [0.2, 0.25) is 0 Å². The van der Waals surface area contributed by atoms with E-state index in [0.717, 1.165) is 11.1 Å². The van der Waals surface area contributed by atoms with Crippen LogP contribution in [0.25, 0.3) is 0 Å². The van der Waals surface area contributed by atoms with Gasteiger partial charge in [0.1, 0.15) is 0 Å². The smallest absolute Gasteiger partial charge is 0.315 e. The average Bonchev–Trinajstić information content (AvgIpc) is 3.08. The summed E-state index contributed by atoms with van der Waals surface area (Å²) >= 11 is 0. The summed E-state index contributed by atoms with van der Waals surface area (Å²) in [7, 11) is 0. The average molecular weight is 300 g/mol. The first-order valence-electron chi connectivity index (χ1n) is 7.44. The molecule has 0 spiro atoms. The molecule has 1 aromatic heterocycles. The standard InChI is InChI=1S/C16H20N4O2/c1-11(10-20-8-4-7-17-20)18-16(22)19-15-13-6-3-2-5-12(13)9-14(15)21/h2-8,11,14-15,21H,9-10H2,1H3,(H2,18,19,22)/t11-,14+,15-/m1/s1. The van der Waals surface area contributed by atoms with Crippen LogP contribution in [0.5, 0.6) is 0 Å². The monoisotopic (exact) mass is 300 g/mol. The Morgan fingerprint density at radius 2 is 2.27 bits per heavy atom. The minimum Gasteiger partial charge on any atom is -0.390 e. The summed E-state index contributed by atoms with van der Waals surface area (Å²) in [6, 6.07) is 8.95. The lowest BCUT2D eigenvalue weighted by atomic mass is 10.1. The minimum absolute atomic E-state index is 0.0614. The van der Waals surface area contributed by atoms with Gasteiger partial charge in [-0.15, -0.1) is 0 Å². The van der Waals surface area contributed by atoms with Gasteiger partial charge in [0, 0.05) is 24.9 Å². The minimum atomic E-state index is -0.579. The number of nitrogens with one attached hydrogen (secondary N) is 2. The van der Waals surface area contributed by atoms with Crippen LogP contribution < -0.4 is 10.6 Å². The number of aliphatic hydroxyl groups excluding tert-OH is 1. The summed E-state index contributed by atoms with van der Waals surface area (Å²) in [5.41, 5.74) is 2.08. The van der Waals surface area contributed by atoms with Crippen molar-refractivity contribution in [1.29, 1.82) is 0 Å². The normalized spacial score (nSPS) is 21.2. The molecular formula is C16H20N4O2. The van der Waals surface area contributed by atoms with Crippen LogP contribution in [0.2, 0.25) is 0 Å². The zero-order valence-electron chi connectivity index (χ0n) is 12.4. The van der Waals surface area contributed by atoms with Crippen molar-refractivity contribution in [2.24, 2.45) is 0 Å². The number of fused-ring (bicyclic) bond motifs is 1. The van der Waals surface area contributed by atoms with Crippen molar-refractivity contribution in [3.8, 4) is 0 Å². The molecular weight excluding hydrogens is 280 g/mol. The largest absolute Gasteiger partial charge is 0.390 e. The Balaban J connectivity index is 1.58. The van der Waals surface area contributed by atoms with E-state index >= 15 is 0 Å². The molecule has 3 N–H and O–H groups in total. The van der Waals surface area contributed by atoms with Crippen LogP contribution in [0.3, 0.4) is 0 Å². The first-order valence-corrected chi connectivity index (χ1v) is 7.44. The molecule has 3 rings (SSSR count). The van der Waals surface area contributed by atoms with E-state index in [2.05, 4.69) is 15.7 Å². The molecule has 2 amide bonds. The fourth-order valence-corrected chi connectivity index (χ4v) is 2.89. The lowest BCUT2D eigenvalue weighted by Crippen LogP contribution is -2.45. The second kappa shape index (κ2) is 6.19. The van der Waals surface area contributed by atoms with Crippen molar-refractivity contribution in [2.45, 2.75) is 38.1 Å². The molecule has 3 atom stereocenters. The Bertz CT molecular complexity index is 641. The molecule has 0 saturated heterocycles. The molecule has 0 unspecified atom stereocenters. The van der Waals surface area contributed by atoms with Gasteiger partial charge in [-0.05, 0) is 24.1 Å². The van der Waals surface area contributed by atoms with E-state index in [4.69, 9.17) is 0 Å². The van der Waals surface area contributed by atoms with E-state index in [9.17, 15) is 9.90 Å². The van der Waals surface area contributed by atoms with Crippen LogP contribution in [-0.4, -0.2) is 33.1 Å². The maximum atomic E-state index is 12.1. The molecule has 6 heteroatoms. The Morgan fingerprint density at radius 1 is 1.45 bits per heavy atom. The summed E-state index contributed by atoms with van der Waals surface area (Å²) in [6.07, 6.45) is 3.56. The molecule has 0 fully saturated rings. The fraction of sp³-hybridized carbons (Fsp3) is 0.375. The lowest BCUT2D eigenvalue weighted by molar-refractivity contribution is 0.141. The summed E-state index contributed by atoms with van der Waals surface area (Å²) in [6.45, 7) is 2.52. The van der Waals surface area contributed by atoms with E-state index < -0.39 is 6.10 Å². The van der Waals surface area contributed by atoms with Gasteiger partial charge in [-0.25, -0.2) is 4.79 Å². The fourth-order valence-electron chi connectivity index (χ4n) is 2.89. The number of urea groups is 1. The van der Waals surface area contributed by atoms with Crippen molar-refractivity contribution in [1.82, 2.24) is 20.4 Å². The molecule has 6 nitrogen and oxygen atoms in total. The number of carbonyl (C=O) groups excluding carboxylic acids is 1. The Hall–Kier alpha value is -2.34. The van der Waals surface area contributed by atoms with Gasteiger partial charge in [0.15, 0.2) is 0 Å². The lowest BCUT2D eigenvalue weighted by Gasteiger charge is -2.20. The van der Waals surface area contributed by atoms with Crippen LogP contribution in [0.4, 0.5) is 4.79 Å². The van der Waals surface area contributed by atoms with Gasteiger partial charge in [-0.1, -0.05) is 24.3 Å². The number of nitrogens with zero attached hydrogens (tertiary/aromatic N) is 2. The molecule has 0 bridgehead atoms. The molecule has 2 aromatic rings. The maximum Gasteiger partial charge on any atom is 0.315 e. The first-order chi connectivity index (χ1) is 10.6.